The summed E-state index contributed by atoms with van der Waals surface area (Å²) in [6, 6.07) is 18.9. The van der Waals surface area contributed by atoms with Crippen LogP contribution in [0.15, 0.2) is 59.6 Å². The van der Waals surface area contributed by atoms with Crippen molar-refractivity contribution in [3.8, 4) is 0 Å². The number of carbonyl (C=O) groups is 1. The predicted molar refractivity (Wildman–Crippen MR) is 131 cm³/mol. The Morgan fingerprint density at radius 3 is 2.56 bits per heavy atom. The molecule has 1 aliphatic heterocycles. The average Bonchev–Trinajstić information content (AvgIpc) is 3.14. The van der Waals surface area contributed by atoms with Crippen LogP contribution in [0.25, 0.3) is 0 Å². The molecule has 0 spiro atoms. The maximum Gasteiger partial charge on any atom is 0.223 e. The Morgan fingerprint density at radius 2 is 1.81 bits per heavy atom. The Balaban J connectivity index is 1.49. The molecule has 2 aromatic rings. The highest BCUT2D eigenvalue weighted by Gasteiger charge is 2.29. The van der Waals surface area contributed by atoms with Gasteiger partial charge in [-0.25, -0.2) is 4.99 Å². The number of hydrogen-bond donors (Lipinski definition) is 2. The maximum atomic E-state index is 12.4. The third-order valence-corrected chi connectivity index (χ3v) is 5.62. The van der Waals surface area contributed by atoms with Gasteiger partial charge in [-0.15, -0.1) is 0 Å². The molecular formula is C26H37N5O. The molecule has 3 rings (SSSR count). The quantitative estimate of drug-likeness (QED) is 0.445. The molecule has 0 radical (unpaired) electrons. The summed E-state index contributed by atoms with van der Waals surface area (Å²) in [5.41, 5.74) is 3.77. The van der Waals surface area contributed by atoms with E-state index in [0.717, 1.165) is 45.1 Å². The van der Waals surface area contributed by atoms with Crippen molar-refractivity contribution < 1.29 is 4.79 Å². The van der Waals surface area contributed by atoms with Crippen molar-refractivity contribution in [3.63, 3.8) is 0 Å². The molecule has 172 valence electrons. The minimum Gasteiger partial charge on any atom is -0.357 e. The van der Waals surface area contributed by atoms with Gasteiger partial charge in [-0.1, -0.05) is 54.6 Å². The van der Waals surface area contributed by atoms with Gasteiger partial charge in [0.2, 0.25) is 5.91 Å². The van der Waals surface area contributed by atoms with E-state index in [9.17, 15) is 4.79 Å². The molecule has 1 atom stereocenters. The molecule has 1 heterocycles. The van der Waals surface area contributed by atoms with Gasteiger partial charge in [0.1, 0.15) is 0 Å². The summed E-state index contributed by atoms with van der Waals surface area (Å²) in [7, 11) is 4.16. The highest BCUT2D eigenvalue weighted by Crippen LogP contribution is 2.17. The van der Waals surface area contributed by atoms with Crippen LogP contribution in [-0.4, -0.2) is 61.9 Å². The second-order valence-electron chi connectivity index (χ2n) is 8.78. The summed E-state index contributed by atoms with van der Waals surface area (Å²) in [6.07, 6.45) is 1.51. The van der Waals surface area contributed by atoms with E-state index < -0.39 is 0 Å². The van der Waals surface area contributed by atoms with Gasteiger partial charge in [-0.05, 0) is 44.1 Å². The first-order valence-corrected chi connectivity index (χ1v) is 11.6. The number of benzene rings is 2. The first kappa shape index (κ1) is 23.8. The molecule has 2 aromatic carbocycles. The van der Waals surface area contributed by atoms with E-state index in [1.54, 1.807) is 0 Å². The Hall–Kier alpha value is -2.86. The fourth-order valence-corrected chi connectivity index (χ4v) is 4.06. The van der Waals surface area contributed by atoms with Crippen LogP contribution in [0.2, 0.25) is 0 Å². The Labute approximate surface area is 192 Å². The summed E-state index contributed by atoms with van der Waals surface area (Å²) < 4.78 is 0. The molecule has 0 bridgehead atoms. The third-order valence-electron chi connectivity index (χ3n) is 5.62. The monoisotopic (exact) mass is 435 g/mol. The lowest BCUT2D eigenvalue weighted by Gasteiger charge is -2.18. The van der Waals surface area contributed by atoms with E-state index in [0.29, 0.717) is 18.9 Å². The fraction of sp³-hybridized carbons (Fsp3) is 0.462. The molecule has 6 heteroatoms. The lowest BCUT2D eigenvalue weighted by atomic mass is 10.1. The molecule has 1 unspecified atom stereocenters. The number of carbonyl (C=O) groups excluding carboxylic acids is 1. The summed E-state index contributed by atoms with van der Waals surface area (Å²) in [6.45, 7) is 6.77. The lowest BCUT2D eigenvalue weighted by molar-refractivity contribution is -0.127. The van der Waals surface area contributed by atoms with E-state index in [2.05, 4.69) is 73.0 Å². The number of amides is 1. The van der Waals surface area contributed by atoms with Crippen LogP contribution in [-0.2, 0) is 24.3 Å². The van der Waals surface area contributed by atoms with Gasteiger partial charge >= 0.3 is 0 Å². The van der Waals surface area contributed by atoms with E-state index in [1.165, 1.54) is 16.7 Å². The zero-order valence-corrected chi connectivity index (χ0v) is 19.7. The number of hydrogen-bond acceptors (Lipinski definition) is 3. The molecular weight excluding hydrogens is 398 g/mol. The van der Waals surface area contributed by atoms with Gasteiger partial charge in [-0.3, -0.25) is 4.79 Å². The van der Waals surface area contributed by atoms with E-state index in [1.807, 2.05) is 23.1 Å². The van der Waals surface area contributed by atoms with Crippen molar-refractivity contribution in [3.05, 3.63) is 71.3 Å². The van der Waals surface area contributed by atoms with E-state index >= 15 is 0 Å². The van der Waals surface area contributed by atoms with E-state index in [-0.39, 0.29) is 5.91 Å². The number of guanidine groups is 1. The molecule has 1 aliphatic rings. The summed E-state index contributed by atoms with van der Waals surface area (Å²) in [5, 5.41) is 6.77. The molecule has 0 saturated carbocycles. The van der Waals surface area contributed by atoms with Crippen LogP contribution in [0.5, 0.6) is 0 Å². The van der Waals surface area contributed by atoms with Crippen LogP contribution in [0.4, 0.5) is 0 Å². The summed E-state index contributed by atoms with van der Waals surface area (Å²) in [5.74, 6) is 1.37. The largest absolute Gasteiger partial charge is 0.357 e. The molecule has 32 heavy (non-hydrogen) atoms. The molecule has 2 N–H and O–H groups in total. The number of nitrogens with zero attached hydrogens (tertiary/aromatic N) is 3. The molecule has 1 amide bonds. The van der Waals surface area contributed by atoms with Crippen molar-refractivity contribution >= 4 is 11.9 Å². The van der Waals surface area contributed by atoms with E-state index in [4.69, 9.17) is 4.99 Å². The predicted octanol–water partition coefficient (Wildman–Crippen LogP) is 2.89. The Bertz CT molecular complexity index is 881. The second-order valence-corrected chi connectivity index (χ2v) is 8.78. The summed E-state index contributed by atoms with van der Waals surface area (Å²) in [4.78, 5) is 21.4. The third kappa shape index (κ3) is 7.68. The van der Waals surface area contributed by atoms with Crippen LogP contribution >= 0.6 is 0 Å². The highest BCUT2D eigenvalue weighted by atomic mass is 16.2. The highest BCUT2D eigenvalue weighted by molar-refractivity contribution is 5.81. The lowest BCUT2D eigenvalue weighted by Crippen LogP contribution is -2.40. The van der Waals surface area contributed by atoms with Crippen molar-refractivity contribution in [2.45, 2.75) is 32.9 Å². The zero-order chi connectivity index (χ0) is 22.8. The topological polar surface area (TPSA) is 60.0 Å². The first-order chi connectivity index (χ1) is 15.5. The van der Waals surface area contributed by atoms with Gasteiger partial charge in [-0.2, -0.15) is 0 Å². The Morgan fingerprint density at radius 1 is 1.06 bits per heavy atom. The molecule has 0 aromatic heterocycles. The molecule has 1 fully saturated rings. The number of aliphatic imine (C=N–C) groups is 1. The minimum absolute atomic E-state index is 0.257. The Kier molecular flexibility index (Phi) is 9.11. The standard InChI is InChI=1S/C26H37N5O/c1-4-27-26(28-17-22-11-8-12-23(15-22)19-30(2)3)29-18-24-16-25(32)31(20-24)14-13-21-9-6-5-7-10-21/h5-12,15,24H,4,13-14,16-20H2,1-3H3,(H2,27,28,29). The zero-order valence-electron chi connectivity index (χ0n) is 19.7. The van der Waals surface area contributed by atoms with Gasteiger partial charge in [0.05, 0.1) is 6.54 Å². The minimum atomic E-state index is 0.257. The van der Waals surface area contributed by atoms with Crippen LogP contribution in [0, 0.1) is 5.92 Å². The number of rotatable bonds is 10. The van der Waals surface area contributed by atoms with Gasteiger partial charge < -0.3 is 20.4 Å². The average molecular weight is 436 g/mol. The van der Waals surface area contributed by atoms with Crippen molar-refractivity contribution in [2.75, 3.05) is 40.3 Å². The van der Waals surface area contributed by atoms with Crippen molar-refractivity contribution in [1.82, 2.24) is 20.4 Å². The van der Waals surface area contributed by atoms with Crippen molar-refractivity contribution in [2.24, 2.45) is 10.9 Å². The van der Waals surface area contributed by atoms with Gasteiger partial charge in [0.25, 0.3) is 0 Å². The van der Waals surface area contributed by atoms with Crippen LogP contribution in [0.1, 0.15) is 30.0 Å². The smallest absolute Gasteiger partial charge is 0.223 e. The number of likely N-dealkylation sites (tertiary alicyclic amines) is 1. The summed E-state index contributed by atoms with van der Waals surface area (Å²) >= 11 is 0. The van der Waals surface area contributed by atoms with Gasteiger partial charge in [0, 0.05) is 45.1 Å². The van der Waals surface area contributed by atoms with Crippen LogP contribution < -0.4 is 10.6 Å². The second kappa shape index (κ2) is 12.2. The van der Waals surface area contributed by atoms with Crippen LogP contribution in [0.3, 0.4) is 0 Å². The normalized spacial score (nSPS) is 16.6. The maximum absolute atomic E-state index is 12.4. The van der Waals surface area contributed by atoms with Crippen molar-refractivity contribution in [1.29, 1.82) is 0 Å². The molecule has 1 saturated heterocycles. The number of nitrogens with one attached hydrogen (secondary N) is 2. The van der Waals surface area contributed by atoms with Gasteiger partial charge in [0.15, 0.2) is 5.96 Å². The molecule has 0 aliphatic carbocycles. The molecule has 6 nitrogen and oxygen atoms in total. The fourth-order valence-electron chi connectivity index (χ4n) is 4.06. The first-order valence-electron chi connectivity index (χ1n) is 11.6. The SMILES string of the molecule is CCNC(=NCc1cccc(CN(C)C)c1)NCC1CC(=O)N(CCc2ccccc2)C1.